The monoisotopic (exact) mass is 278 g/mol. The van der Waals surface area contributed by atoms with Crippen LogP contribution in [-0.2, 0) is 16.0 Å². The van der Waals surface area contributed by atoms with Crippen molar-refractivity contribution in [3.63, 3.8) is 0 Å². The third-order valence-electron chi connectivity index (χ3n) is 2.48. The summed E-state index contributed by atoms with van der Waals surface area (Å²) in [6.07, 6.45) is 1.50. The third kappa shape index (κ3) is 3.20. The number of esters is 1. The Kier molecular flexibility index (Phi) is 3.97. The molecule has 0 unspecified atom stereocenters. The molecule has 0 radical (unpaired) electrons. The SMILES string of the molecule is COC(=O)Cc1cnc(-c2cccc(O)c2)nc1Cl. The first-order valence-electron chi connectivity index (χ1n) is 5.48. The highest BCUT2D eigenvalue weighted by atomic mass is 35.5. The molecule has 5 nitrogen and oxygen atoms in total. The molecule has 19 heavy (non-hydrogen) atoms. The second kappa shape index (κ2) is 5.67. The summed E-state index contributed by atoms with van der Waals surface area (Å²) in [6, 6.07) is 6.53. The number of hydrogen-bond donors (Lipinski definition) is 1. The van der Waals surface area contributed by atoms with Crippen molar-refractivity contribution in [1.82, 2.24) is 9.97 Å². The van der Waals surface area contributed by atoms with Gasteiger partial charge in [-0.3, -0.25) is 4.79 Å². The average molecular weight is 279 g/mol. The number of carbonyl (C=O) groups excluding carboxylic acids is 1. The summed E-state index contributed by atoms with van der Waals surface area (Å²) in [5.41, 5.74) is 1.14. The number of nitrogens with zero attached hydrogens (tertiary/aromatic N) is 2. The number of carbonyl (C=O) groups is 1. The first-order chi connectivity index (χ1) is 9.10. The predicted octanol–water partition coefficient (Wildman–Crippen LogP) is 2.22. The van der Waals surface area contributed by atoms with Gasteiger partial charge in [0.25, 0.3) is 0 Å². The van der Waals surface area contributed by atoms with Crippen molar-refractivity contribution >= 4 is 17.6 Å². The smallest absolute Gasteiger partial charge is 0.310 e. The molecule has 6 heteroatoms. The van der Waals surface area contributed by atoms with E-state index in [0.717, 1.165) is 0 Å². The largest absolute Gasteiger partial charge is 0.508 e. The maximum absolute atomic E-state index is 11.2. The summed E-state index contributed by atoms with van der Waals surface area (Å²) < 4.78 is 4.55. The fourth-order valence-corrected chi connectivity index (χ4v) is 1.71. The van der Waals surface area contributed by atoms with Gasteiger partial charge in [0.1, 0.15) is 10.9 Å². The molecule has 2 rings (SSSR count). The Balaban J connectivity index is 2.31. The van der Waals surface area contributed by atoms with Crippen LogP contribution in [0.15, 0.2) is 30.5 Å². The van der Waals surface area contributed by atoms with E-state index in [2.05, 4.69) is 14.7 Å². The van der Waals surface area contributed by atoms with E-state index in [0.29, 0.717) is 17.0 Å². The van der Waals surface area contributed by atoms with Crippen molar-refractivity contribution < 1.29 is 14.6 Å². The van der Waals surface area contributed by atoms with Gasteiger partial charge in [-0.05, 0) is 12.1 Å². The molecule has 0 amide bonds. The molecule has 1 aromatic carbocycles. The zero-order valence-corrected chi connectivity index (χ0v) is 10.9. The molecule has 0 bridgehead atoms. The van der Waals surface area contributed by atoms with Crippen LogP contribution >= 0.6 is 11.6 Å². The van der Waals surface area contributed by atoms with Gasteiger partial charge < -0.3 is 9.84 Å². The molecule has 0 aliphatic rings. The Hall–Kier alpha value is -2.14. The van der Waals surface area contributed by atoms with E-state index >= 15 is 0 Å². The number of hydrogen-bond acceptors (Lipinski definition) is 5. The van der Waals surface area contributed by atoms with Crippen LogP contribution in [-0.4, -0.2) is 28.2 Å². The summed E-state index contributed by atoms with van der Waals surface area (Å²) in [5, 5.41) is 9.59. The highest BCUT2D eigenvalue weighted by Gasteiger charge is 2.11. The maximum atomic E-state index is 11.2. The first-order valence-corrected chi connectivity index (χ1v) is 5.85. The maximum Gasteiger partial charge on any atom is 0.310 e. The molecule has 1 aromatic heterocycles. The third-order valence-corrected chi connectivity index (χ3v) is 2.81. The molecule has 0 atom stereocenters. The molecule has 98 valence electrons. The topological polar surface area (TPSA) is 72.3 Å². The number of aromatic hydroxyl groups is 1. The molecular formula is C13H11ClN2O3. The van der Waals surface area contributed by atoms with Crippen LogP contribution in [0.3, 0.4) is 0 Å². The van der Waals surface area contributed by atoms with Gasteiger partial charge in [0, 0.05) is 17.3 Å². The quantitative estimate of drug-likeness (QED) is 0.688. The molecule has 1 N–H and O–H groups in total. The number of halogens is 1. The summed E-state index contributed by atoms with van der Waals surface area (Å²) in [7, 11) is 1.30. The van der Waals surface area contributed by atoms with E-state index in [9.17, 15) is 9.90 Å². The molecule has 0 saturated carbocycles. The Morgan fingerprint density at radius 2 is 2.26 bits per heavy atom. The van der Waals surface area contributed by atoms with Crippen molar-refractivity contribution in [2.75, 3.05) is 7.11 Å². The van der Waals surface area contributed by atoms with Crippen LogP contribution in [0.25, 0.3) is 11.4 Å². The van der Waals surface area contributed by atoms with Gasteiger partial charge in [-0.25, -0.2) is 9.97 Å². The number of methoxy groups -OCH3 is 1. The highest BCUT2D eigenvalue weighted by Crippen LogP contribution is 2.22. The average Bonchev–Trinajstić information content (AvgIpc) is 2.41. The van der Waals surface area contributed by atoms with Crippen molar-refractivity contribution in [3.8, 4) is 17.1 Å². The van der Waals surface area contributed by atoms with Crippen molar-refractivity contribution in [2.45, 2.75) is 6.42 Å². The summed E-state index contributed by atoms with van der Waals surface area (Å²) in [6.45, 7) is 0. The Labute approximate surface area is 114 Å². The second-order valence-electron chi connectivity index (χ2n) is 3.81. The number of phenols is 1. The highest BCUT2D eigenvalue weighted by molar-refractivity contribution is 6.30. The Bertz CT molecular complexity index is 617. The first kappa shape index (κ1) is 13.3. The van der Waals surface area contributed by atoms with Crippen LogP contribution in [0, 0.1) is 0 Å². The number of aromatic nitrogens is 2. The van der Waals surface area contributed by atoms with Gasteiger partial charge >= 0.3 is 5.97 Å². The van der Waals surface area contributed by atoms with E-state index < -0.39 is 5.97 Å². The molecular weight excluding hydrogens is 268 g/mol. The molecule has 0 aliphatic heterocycles. The fraction of sp³-hybridized carbons (Fsp3) is 0.154. The lowest BCUT2D eigenvalue weighted by atomic mass is 10.2. The lowest BCUT2D eigenvalue weighted by molar-refractivity contribution is -0.139. The standard InChI is InChI=1S/C13H11ClN2O3/c1-19-11(18)6-9-7-15-13(16-12(9)14)8-3-2-4-10(17)5-8/h2-5,7,17H,6H2,1H3. The number of phenolic OH excluding ortho intramolecular Hbond substituents is 1. The van der Waals surface area contributed by atoms with E-state index in [4.69, 9.17) is 11.6 Å². The van der Waals surface area contributed by atoms with Crippen LogP contribution in [0.5, 0.6) is 5.75 Å². The minimum absolute atomic E-state index is 0.0235. The molecule has 0 fully saturated rings. The molecule has 1 heterocycles. The van der Waals surface area contributed by atoms with E-state index in [-0.39, 0.29) is 17.3 Å². The van der Waals surface area contributed by atoms with Crippen LogP contribution < -0.4 is 0 Å². The number of benzene rings is 1. The normalized spacial score (nSPS) is 10.2. The van der Waals surface area contributed by atoms with Gasteiger partial charge in [0.2, 0.25) is 0 Å². The van der Waals surface area contributed by atoms with Crippen LogP contribution in [0.2, 0.25) is 5.15 Å². The van der Waals surface area contributed by atoms with Gasteiger partial charge in [-0.1, -0.05) is 23.7 Å². The minimum Gasteiger partial charge on any atom is -0.508 e. The lowest BCUT2D eigenvalue weighted by Crippen LogP contribution is -2.06. The summed E-state index contributed by atoms with van der Waals surface area (Å²) >= 11 is 6.00. The zero-order valence-electron chi connectivity index (χ0n) is 10.1. The number of ether oxygens (including phenoxy) is 1. The molecule has 0 aliphatic carbocycles. The second-order valence-corrected chi connectivity index (χ2v) is 4.17. The van der Waals surface area contributed by atoms with E-state index in [1.807, 2.05) is 0 Å². The Morgan fingerprint density at radius 3 is 2.89 bits per heavy atom. The van der Waals surface area contributed by atoms with E-state index in [1.54, 1.807) is 18.2 Å². The van der Waals surface area contributed by atoms with Crippen LogP contribution in [0.1, 0.15) is 5.56 Å². The van der Waals surface area contributed by atoms with Crippen molar-refractivity contribution in [1.29, 1.82) is 0 Å². The molecule has 0 spiro atoms. The Morgan fingerprint density at radius 1 is 1.47 bits per heavy atom. The molecule has 0 saturated heterocycles. The molecule has 2 aromatic rings. The van der Waals surface area contributed by atoms with E-state index in [1.165, 1.54) is 19.4 Å². The fourth-order valence-electron chi connectivity index (χ4n) is 1.52. The minimum atomic E-state index is -0.407. The van der Waals surface area contributed by atoms with Crippen molar-refractivity contribution in [3.05, 3.63) is 41.2 Å². The lowest BCUT2D eigenvalue weighted by Gasteiger charge is -2.05. The van der Waals surface area contributed by atoms with Crippen LogP contribution in [0.4, 0.5) is 0 Å². The number of rotatable bonds is 3. The summed E-state index contributed by atoms with van der Waals surface area (Å²) in [4.78, 5) is 19.4. The zero-order chi connectivity index (χ0) is 13.8. The van der Waals surface area contributed by atoms with Gasteiger partial charge in [-0.15, -0.1) is 0 Å². The van der Waals surface area contributed by atoms with Gasteiger partial charge in [0.05, 0.1) is 13.5 Å². The predicted molar refractivity (Wildman–Crippen MR) is 69.9 cm³/mol. The summed E-state index contributed by atoms with van der Waals surface area (Å²) in [5.74, 6) is 0.0981. The van der Waals surface area contributed by atoms with Crippen molar-refractivity contribution in [2.24, 2.45) is 0 Å². The van der Waals surface area contributed by atoms with Gasteiger partial charge in [-0.2, -0.15) is 0 Å². The van der Waals surface area contributed by atoms with Gasteiger partial charge in [0.15, 0.2) is 5.82 Å².